The van der Waals surface area contributed by atoms with Crippen LogP contribution in [0.25, 0.3) is 0 Å². The van der Waals surface area contributed by atoms with Crippen LogP contribution in [0.2, 0.25) is 0 Å². The molecular weight excluding hydrogens is 344 g/mol. The molecule has 0 aliphatic rings. The summed E-state index contributed by atoms with van der Waals surface area (Å²) in [6, 6.07) is 16.2. The fraction of sp³-hybridized carbons (Fsp3) is 0.286. The van der Waals surface area contributed by atoms with Crippen LogP contribution in [-0.4, -0.2) is 31.3 Å². The Bertz CT molecular complexity index is 776. The molecule has 0 atom stereocenters. The van der Waals surface area contributed by atoms with Crippen LogP contribution in [0.15, 0.2) is 64.6 Å². The van der Waals surface area contributed by atoms with Gasteiger partial charge in [-0.25, -0.2) is 19.4 Å². The van der Waals surface area contributed by atoms with Crippen LogP contribution in [0, 0.1) is 0 Å². The Hall–Kier alpha value is -3.33. The zero-order valence-electron chi connectivity index (χ0n) is 15.3. The van der Waals surface area contributed by atoms with Gasteiger partial charge in [0.1, 0.15) is 0 Å². The van der Waals surface area contributed by atoms with Gasteiger partial charge in [-0.05, 0) is 42.7 Å². The highest BCUT2D eigenvalue weighted by Crippen LogP contribution is 2.12. The smallest absolute Gasteiger partial charge is 0.338 e. The molecule has 0 N–H and O–H groups in total. The molecule has 0 aromatic heterocycles. The molecule has 27 heavy (non-hydrogen) atoms. The van der Waals surface area contributed by atoms with Crippen molar-refractivity contribution < 1.29 is 19.1 Å². The lowest BCUT2D eigenvalue weighted by Crippen LogP contribution is -2.05. The van der Waals surface area contributed by atoms with Crippen molar-refractivity contribution in [3.63, 3.8) is 0 Å². The van der Waals surface area contributed by atoms with Crippen LogP contribution in [0.4, 0.5) is 5.69 Å². The van der Waals surface area contributed by atoms with Gasteiger partial charge >= 0.3 is 5.97 Å². The molecule has 2 rings (SSSR count). The first kappa shape index (κ1) is 21.7. The second kappa shape index (κ2) is 13.9. The second-order valence-corrected chi connectivity index (χ2v) is 5.45. The van der Waals surface area contributed by atoms with Crippen molar-refractivity contribution >= 4 is 23.8 Å². The molecule has 6 nitrogen and oxygen atoms in total. The summed E-state index contributed by atoms with van der Waals surface area (Å²) in [5.41, 5.74) is 2.13. The van der Waals surface area contributed by atoms with E-state index >= 15 is 0 Å². The number of carbonyl (C=O) groups is 1. The normalized spacial score (nSPS) is 9.07. The molecule has 0 amide bonds. The first-order valence-electron chi connectivity index (χ1n) is 8.63. The number of aliphatic imine (C=N–C) groups is 2. The first-order chi connectivity index (χ1) is 13.2. The summed E-state index contributed by atoms with van der Waals surface area (Å²) < 4.78 is 5.02. The SMILES string of the molecule is CCCCOC(=O)c1ccc(N=C=O)cc1.O=C=NCCc1ccccc1. The molecule has 140 valence electrons. The molecule has 0 aliphatic carbocycles. The van der Waals surface area contributed by atoms with E-state index in [4.69, 9.17) is 4.74 Å². The van der Waals surface area contributed by atoms with Gasteiger partial charge in [0, 0.05) is 0 Å². The molecule has 0 radical (unpaired) electrons. The van der Waals surface area contributed by atoms with E-state index in [2.05, 4.69) is 9.98 Å². The number of nitrogens with zero attached hydrogens (tertiary/aromatic N) is 2. The number of benzene rings is 2. The van der Waals surface area contributed by atoms with Crippen molar-refractivity contribution in [2.24, 2.45) is 9.98 Å². The predicted molar refractivity (Wildman–Crippen MR) is 103 cm³/mol. The maximum Gasteiger partial charge on any atom is 0.338 e. The molecule has 0 aliphatic heterocycles. The average Bonchev–Trinajstić information content (AvgIpc) is 2.70. The van der Waals surface area contributed by atoms with Crippen LogP contribution in [0.5, 0.6) is 0 Å². The van der Waals surface area contributed by atoms with E-state index in [9.17, 15) is 14.4 Å². The van der Waals surface area contributed by atoms with Gasteiger partial charge < -0.3 is 4.74 Å². The summed E-state index contributed by atoms with van der Waals surface area (Å²) in [6.07, 6.45) is 5.61. The van der Waals surface area contributed by atoms with Gasteiger partial charge in [-0.2, -0.15) is 4.99 Å². The highest BCUT2D eigenvalue weighted by molar-refractivity contribution is 5.89. The van der Waals surface area contributed by atoms with Crippen molar-refractivity contribution in [2.75, 3.05) is 13.2 Å². The van der Waals surface area contributed by atoms with Gasteiger partial charge in [0.2, 0.25) is 12.2 Å². The zero-order valence-corrected chi connectivity index (χ0v) is 15.3. The highest BCUT2D eigenvalue weighted by Gasteiger charge is 2.05. The third kappa shape index (κ3) is 9.66. The topological polar surface area (TPSA) is 85.2 Å². The third-order valence-corrected chi connectivity index (χ3v) is 3.43. The molecule has 0 bridgehead atoms. The second-order valence-electron chi connectivity index (χ2n) is 5.45. The Morgan fingerprint density at radius 3 is 2.30 bits per heavy atom. The number of hydrogen-bond acceptors (Lipinski definition) is 6. The summed E-state index contributed by atoms with van der Waals surface area (Å²) in [4.78, 5) is 38.0. The van der Waals surface area contributed by atoms with Crippen molar-refractivity contribution in [2.45, 2.75) is 26.2 Å². The maximum atomic E-state index is 11.5. The van der Waals surface area contributed by atoms with E-state index in [1.165, 1.54) is 17.7 Å². The minimum absolute atomic E-state index is 0.352. The molecule has 0 saturated heterocycles. The van der Waals surface area contributed by atoms with Gasteiger partial charge in [0.15, 0.2) is 0 Å². The number of esters is 1. The van der Waals surface area contributed by atoms with E-state index in [1.54, 1.807) is 24.3 Å². The fourth-order valence-corrected chi connectivity index (χ4v) is 1.99. The molecule has 0 unspecified atom stereocenters. The minimum Gasteiger partial charge on any atom is -0.462 e. The quantitative estimate of drug-likeness (QED) is 0.304. The monoisotopic (exact) mass is 366 g/mol. The standard InChI is InChI=1S/C12H13NO3.C9H9NO/c1-2-3-8-16-12(15)10-4-6-11(7-5-10)13-9-14;11-8-10-7-6-9-4-2-1-3-5-9/h4-7H,2-3,8H2,1H3;1-5H,6-7H2. The van der Waals surface area contributed by atoms with Gasteiger partial charge in [-0.3, -0.25) is 0 Å². The number of hydrogen-bond donors (Lipinski definition) is 0. The molecule has 2 aromatic rings. The summed E-state index contributed by atoms with van der Waals surface area (Å²) >= 11 is 0. The summed E-state index contributed by atoms with van der Waals surface area (Å²) in [7, 11) is 0. The molecule has 2 aromatic carbocycles. The van der Waals surface area contributed by atoms with Crippen molar-refractivity contribution in [1.29, 1.82) is 0 Å². The van der Waals surface area contributed by atoms with Crippen LogP contribution in [0.3, 0.4) is 0 Å². The third-order valence-electron chi connectivity index (χ3n) is 3.43. The number of rotatable bonds is 8. The lowest BCUT2D eigenvalue weighted by molar-refractivity contribution is 0.0500. The average molecular weight is 366 g/mol. The first-order valence-corrected chi connectivity index (χ1v) is 8.63. The van der Waals surface area contributed by atoms with Crippen molar-refractivity contribution in [3.05, 3.63) is 65.7 Å². The van der Waals surface area contributed by atoms with Crippen LogP contribution in [0.1, 0.15) is 35.7 Å². The van der Waals surface area contributed by atoms with Gasteiger partial charge in [-0.15, -0.1) is 0 Å². The Labute approximate surface area is 158 Å². The Kier molecular flexibility index (Phi) is 11.2. The Balaban J connectivity index is 0.000000289. The van der Waals surface area contributed by atoms with E-state index in [0.717, 1.165) is 19.3 Å². The lowest BCUT2D eigenvalue weighted by Gasteiger charge is -2.03. The molecule has 6 heteroatoms. The number of isocyanates is 2. The predicted octanol–water partition coefficient (Wildman–Crippen LogP) is 4.18. The lowest BCUT2D eigenvalue weighted by atomic mass is 10.2. The number of unbranched alkanes of at least 4 members (excludes halogenated alkanes) is 1. The largest absolute Gasteiger partial charge is 0.462 e. The van der Waals surface area contributed by atoms with Gasteiger partial charge in [-0.1, -0.05) is 43.7 Å². The Morgan fingerprint density at radius 1 is 1.00 bits per heavy atom. The molecule has 0 saturated carbocycles. The van der Waals surface area contributed by atoms with Crippen LogP contribution < -0.4 is 0 Å². The fourth-order valence-electron chi connectivity index (χ4n) is 1.99. The number of ether oxygens (including phenoxy) is 1. The van der Waals surface area contributed by atoms with Gasteiger partial charge in [0.25, 0.3) is 0 Å². The van der Waals surface area contributed by atoms with Crippen molar-refractivity contribution in [3.8, 4) is 0 Å². The van der Waals surface area contributed by atoms with E-state index < -0.39 is 0 Å². The van der Waals surface area contributed by atoms with E-state index in [0.29, 0.717) is 24.4 Å². The molecular formula is C21H22N2O4. The highest BCUT2D eigenvalue weighted by atomic mass is 16.5. The Morgan fingerprint density at radius 2 is 1.70 bits per heavy atom. The maximum absolute atomic E-state index is 11.5. The number of carbonyl (C=O) groups excluding carboxylic acids is 3. The summed E-state index contributed by atoms with van der Waals surface area (Å²) in [5.74, 6) is -0.352. The molecule has 0 heterocycles. The van der Waals surface area contributed by atoms with E-state index in [1.807, 2.05) is 37.3 Å². The minimum atomic E-state index is -0.352. The van der Waals surface area contributed by atoms with Crippen LogP contribution in [-0.2, 0) is 20.7 Å². The molecule has 0 spiro atoms. The summed E-state index contributed by atoms with van der Waals surface area (Å²) in [6.45, 7) is 3.00. The van der Waals surface area contributed by atoms with Gasteiger partial charge in [0.05, 0.1) is 24.4 Å². The van der Waals surface area contributed by atoms with Crippen molar-refractivity contribution in [1.82, 2.24) is 0 Å². The van der Waals surface area contributed by atoms with Crippen LogP contribution >= 0.6 is 0 Å². The van der Waals surface area contributed by atoms with E-state index in [-0.39, 0.29) is 5.97 Å². The molecule has 0 fully saturated rings. The summed E-state index contributed by atoms with van der Waals surface area (Å²) in [5, 5.41) is 0. The zero-order chi connectivity index (χ0) is 19.7.